The summed E-state index contributed by atoms with van der Waals surface area (Å²) in [5.74, 6) is 2.83. The molecule has 0 spiro atoms. The third-order valence-corrected chi connectivity index (χ3v) is 72.5. The minimum atomic E-state index is -3.07. The highest BCUT2D eigenvalue weighted by atomic mass is 33.8. The highest BCUT2D eigenvalue weighted by Gasteiger charge is 2.78. The second kappa shape index (κ2) is 38.9. The Bertz CT molecular complexity index is 1220. The van der Waals surface area contributed by atoms with E-state index in [9.17, 15) is 0 Å². The van der Waals surface area contributed by atoms with Gasteiger partial charge in [0.15, 0.2) is 0 Å². The summed E-state index contributed by atoms with van der Waals surface area (Å²) in [6.07, 6.45) is 5.42. The Hall–Kier alpha value is 5.99. The molecule has 4 atom stereocenters. The molecule has 12 nitrogen and oxygen atoms in total. The van der Waals surface area contributed by atoms with Crippen LogP contribution < -0.4 is 0 Å². The van der Waals surface area contributed by atoms with Crippen LogP contribution in [0.5, 0.6) is 0 Å². The van der Waals surface area contributed by atoms with Gasteiger partial charge in [0.05, 0.1) is 8.16 Å². The van der Waals surface area contributed by atoms with Crippen LogP contribution in [0.2, 0.25) is 24.2 Å². The Morgan fingerprint density at radius 2 is 0.466 bits per heavy atom. The maximum atomic E-state index is 6.47. The van der Waals surface area contributed by atoms with Gasteiger partial charge in [-0.15, -0.1) is 126 Å². The lowest BCUT2D eigenvalue weighted by Gasteiger charge is -2.74. The third kappa shape index (κ3) is 19.8. The largest absolute Gasteiger partial charge is 0.500 e. The van der Waals surface area contributed by atoms with E-state index in [1.165, 1.54) is 0 Å². The Kier molecular flexibility index (Phi) is 41.0. The molecule has 0 aromatic rings. The number of rotatable bonds is 48. The maximum absolute atomic E-state index is 6.47. The van der Waals surface area contributed by atoms with Crippen molar-refractivity contribution < 1.29 is 53.1 Å². The van der Waals surface area contributed by atoms with Gasteiger partial charge in [0.1, 0.15) is 0 Å². The second-order valence-corrected chi connectivity index (χ2v) is 62.4. The summed E-state index contributed by atoms with van der Waals surface area (Å²) in [4.78, 5) is 0. The molecule has 4 unspecified atom stereocenters. The minimum Gasteiger partial charge on any atom is -0.374 e. The zero-order valence-corrected chi connectivity index (χ0v) is 63.5. The first-order valence-corrected chi connectivity index (χ1v) is 54.6. The van der Waals surface area contributed by atoms with Gasteiger partial charge in [-0.2, -0.15) is 0 Å². The van der Waals surface area contributed by atoms with Crippen LogP contribution in [0.25, 0.3) is 0 Å². The van der Waals surface area contributed by atoms with E-state index in [0.29, 0.717) is 126 Å². The van der Waals surface area contributed by atoms with Crippen LogP contribution >= 0.6 is 165 Å². The van der Waals surface area contributed by atoms with Crippen molar-refractivity contribution in [2.75, 3.05) is 102 Å². The summed E-state index contributed by atoms with van der Waals surface area (Å²) in [7, 11) is -14.9. The van der Waals surface area contributed by atoms with E-state index in [1.54, 1.807) is 39.3 Å². The molecule has 1 fully saturated rings. The molecule has 0 bridgehead atoms. The Morgan fingerprint density at radius 3 is 0.589 bits per heavy atom. The van der Waals surface area contributed by atoms with Crippen molar-refractivity contribution in [2.24, 2.45) is 0 Å². The lowest BCUT2D eigenvalue weighted by molar-refractivity contribution is 0.0704. The molecule has 0 aliphatic heterocycles. The molecule has 0 heterocycles. The number of hydrogen-bond donors (Lipinski definition) is 8. The van der Waals surface area contributed by atoms with Crippen LogP contribution in [0.4, 0.5) is 0 Å². The Balaban J connectivity index is 4.70. The molecule has 446 valence electrons. The van der Waals surface area contributed by atoms with Gasteiger partial charge in [-0.25, -0.2) is 0 Å². The monoisotopic (exact) mass is 1410 g/mol. The Labute approximate surface area is 509 Å². The topological polar surface area (TPSA) is 111 Å². The summed E-state index contributed by atoms with van der Waals surface area (Å²) in [5.41, 5.74) is 0. The summed E-state index contributed by atoms with van der Waals surface area (Å²) < 4.78 is 76.3. The maximum Gasteiger partial charge on any atom is 0.500 e. The van der Waals surface area contributed by atoms with Crippen LogP contribution in [0, 0.1) is 0 Å². The molecule has 0 saturated heterocycles. The fourth-order valence-corrected chi connectivity index (χ4v) is 74.0. The van der Waals surface area contributed by atoms with E-state index in [2.05, 4.69) is 0 Å². The van der Waals surface area contributed by atoms with Crippen molar-refractivity contribution in [2.45, 2.75) is 160 Å². The van der Waals surface area contributed by atoms with E-state index in [-0.39, 0.29) is 0 Å². The van der Waals surface area contributed by atoms with E-state index in [1.807, 2.05) is 83.1 Å². The van der Waals surface area contributed by atoms with E-state index in [0.717, 1.165) is 44.9 Å². The van der Waals surface area contributed by atoms with Crippen LogP contribution in [-0.4, -0.2) is 146 Å². The van der Waals surface area contributed by atoms with Gasteiger partial charge in [-0.1, -0.05) is 0 Å². The molecule has 73 heavy (non-hydrogen) atoms. The third-order valence-electron chi connectivity index (χ3n) is 12.1. The molecule has 0 aromatic heterocycles. The molecular weight excluding hydrogens is 1310 g/mol. The lowest BCUT2D eigenvalue weighted by atomic mass is 10.3. The molecular formula is C41H98O12S16Si4. The zero-order valence-electron chi connectivity index (χ0n) is 45.8. The molecule has 1 rings (SSSR count). The smallest absolute Gasteiger partial charge is 0.374 e. The molecule has 0 N–H and O–H groups in total. The van der Waals surface area contributed by atoms with Crippen molar-refractivity contribution >= 4 is 200 Å². The molecule has 1 saturated carbocycles. The lowest BCUT2D eigenvalue weighted by Crippen LogP contribution is -2.56. The van der Waals surface area contributed by atoms with Crippen molar-refractivity contribution in [1.82, 2.24) is 0 Å². The summed E-state index contributed by atoms with van der Waals surface area (Å²) >= 11 is 46.4. The van der Waals surface area contributed by atoms with Gasteiger partial charge >= 0.3 is 35.2 Å². The summed E-state index contributed by atoms with van der Waals surface area (Å²) in [5, 5.41) is 0. The van der Waals surface area contributed by atoms with Crippen LogP contribution in [0.1, 0.15) is 128 Å². The summed E-state index contributed by atoms with van der Waals surface area (Å²) in [6.45, 7) is 29.9. The zero-order chi connectivity index (χ0) is 55.4. The molecule has 1 aliphatic rings. The fourth-order valence-electron chi connectivity index (χ4n) is 9.94. The first-order valence-electron chi connectivity index (χ1n) is 25.9. The normalized spacial score (nSPS) is 23.3. The predicted octanol–water partition coefficient (Wildman–Crippen LogP) is 16.9. The van der Waals surface area contributed by atoms with Gasteiger partial charge in [0.2, 0.25) is 0 Å². The quantitative estimate of drug-likeness (QED) is 0.0168. The second-order valence-electron chi connectivity index (χ2n) is 16.4. The van der Waals surface area contributed by atoms with Crippen molar-refractivity contribution in [1.29, 1.82) is 0 Å². The predicted molar refractivity (Wildman–Crippen MR) is 372 cm³/mol. The highest BCUT2D eigenvalue weighted by Crippen LogP contribution is 3.06. The number of thiol groups is 8. The van der Waals surface area contributed by atoms with Gasteiger partial charge < -0.3 is 53.1 Å². The highest BCUT2D eigenvalue weighted by molar-refractivity contribution is 9.44. The van der Waals surface area contributed by atoms with Gasteiger partial charge in [0, 0.05) is 103 Å². The molecule has 0 aromatic carbocycles. The van der Waals surface area contributed by atoms with Crippen LogP contribution in [0.15, 0.2) is 0 Å². The van der Waals surface area contributed by atoms with Crippen LogP contribution in [-0.2, 0) is 53.1 Å². The molecule has 0 radical (unpaired) electrons. The van der Waals surface area contributed by atoms with Crippen molar-refractivity contribution in [3.8, 4) is 0 Å². The fraction of sp³-hybridized carbons (Fsp3) is 1.00. The minimum absolute atomic E-state index is 0.491. The molecule has 32 heteroatoms. The average Bonchev–Trinajstić information content (AvgIpc) is 3.80. The first-order chi connectivity index (χ1) is 34.8. The van der Waals surface area contributed by atoms with Gasteiger partial charge in [-0.05, 0) is 190 Å². The molecule has 1 aliphatic carbocycles. The molecule has 0 amide bonds. The Morgan fingerprint density at radius 1 is 0.315 bits per heavy atom. The van der Waals surface area contributed by atoms with Crippen LogP contribution in [0.3, 0.4) is 0 Å². The van der Waals surface area contributed by atoms with Crippen molar-refractivity contribution in [3.05, 3.63) is 0 Å². The van der Waals surface area contributed by atoms with E-state index in [4.69, 9.17) is 146 Å². The van der Waals surface area contributed by atoms with Crippen molar-refractivity contribution in [3.63, 3.8) is 0 Å². The summed E-state index contributed by atoms with van der Waals surface area (Å²) in [6, 6.07) is 2.51. The van der Waals surface area contributed by atoms with E-state index >= 15 is 0 Å². The first kappa shape index (κ1) is 77.0. The average molecular weight is 1410 g/mol. The van der Waals surface area contributed by atoms with E-state index < -0.39 is 75.7 Å². The number of hydrogen-bond acceptors (Lipinski definition) is 24. The van der Waals surface area contributed by atoms with Gasteiger partial charge in [0.25, 0.3) is 0 Å². The SMILES string of the molecule is CCO[Si](CCCS(S)(SS)C1(S(S)(CCC[Si](OCC)(OCC)OCC)SS)CCCC1(S(S)(CCC[Si](OCC)(OCC)OCC)SS)S(S)(CCC[Si](OCC)(OCC)OCC)SS)(OCC)OCC. The van der Waals surface area contributed by atoms with Gasteiger partial charge in [-0.3, -0.25) is 0 Å². The standard InChI is InChI=1S/C41H98O12S16Si4/c1-13-42-70(43-14-2,44-15-3)36-26-32-66(58,62-54)40(67(59,63-55)33-27-37-71(45-16-4,46-17-5)47-18-6)30-25-31-41(40,68(60,64-56)34-28-38-72(48-19-7,49-20-8)50-21-9)69(61,65-57)35-29-39-73(51-22-10,52-23-11)53-24-12/h54-61H,13-39H2,1-12H3.